The summed E-state index contributed by atoms with van der Waals surface area (Å²) in [6.07, 6.45) is 4.31. The zero-order valence-electron chi connectivity index (χ0n) is 10.9. The number of hydrogen-bond donors (Lipinski definition) is 1. The van der Waals surface area contributed by atoms with Crippen molar-refractivity contribution in [3.63, 3.8) is 0 Å². The maximum Gasteiger partial charge on any atom is 0.0964 e. The summed E-state index contributed by atoms with van der Waals surface area (Å²) < 4.78 is 0. The first-order valence-electron chi connectivity index (χ1n) is 6.76. The van der Waals surface area contributed by atoms with Crippen molar-refractivity contribution in [1.29, 1.82) is 0 Å². The Morgan fingerprint density at radius 3 is 2.84 bits per heavy atom. The number of hydrogen-bond acceptors (Lipinski definition) is 3. The van der Waals surface area contributed by atoms with Gasteiger partial charge >= 0.3 is 0 Å². The van der Waals surface area contributed by atoms with Crippen molar-refractivity contribution >= 4 is 17.4 Å². The van der Waals surface area contributed by atoms with Crippen LogP contribution in [0.2, 0.25) is 0 Å². The van der Waals surface area contributed by atoms with E-state index in [0.29, 0.717) is 5.92 Å². The molecule has 0 radical (unpaired) electrons. The zero-order valence-corrected chi connectivity index (χ0v) is 11.7. The van der Waals surface area contributed by atoms with Gasteiger partial charge in [0.1, 0.15) is 0 Å². The van der Waals surface area contributed by atoms with Crippen LogP contribution >= 0.6 is 11.3 Å². The molecule has 0 amide bonds. The highest BCUT2D eigenvalue weighted by atomic mass is 32.1. The van der Waals surface area contributed by atoms with Crippen molar-refractivity contribution in [2.24, 2.45) is 0 Å². The molecule has 0 spiro atoms. The SMILES string of the molecule is C=Cc1ccccc1-c1csc(C2CCNCC2)n1. The van der Waals surface area contributed by atoms with Gasteiger partial charge in [-0.05, 0) is 31.5 Å². The Hall–Kier alpha value is -1.45. The van der Waals surface area contributed by atoms with E-state index in [-0.39, 0.29) is 0 Å². The van der Waals surface area contributed by atoms with Crippen LogP contribution in [0.15, 0.2) is 36.2 Å². The van der Waals surface area contributed by atoms with Crippen molar-refractivity contribution < 1.29 is 0 Å². The van der Waals surface area contributed by atoms with Gasteiger partial charge in [0.05, 0.1) is 10.7 Å². The highest BCUT2D eigenvalue weighted by Crippen LogP contribution is 2.32. The van der Waals surface area contributed by atoms with Crippen LogP contribution in [-0.4, -0.2) is 18.1 Å². The molecular formula is C16H18N2S. The Balaban J connectivity index is 1.90. The molecule has 3 rings (SSSR count). The molecule has 98 valence electrons. The third kappa shape index (κ3) is 2.62. The van der Waals surface area contributed by atoms with Gasteiger partial charge in [0.25, 0.3) is 0 Å². The Morgan fingerprint density at radius 2 is 2.05 bits per heavy atom. The molecule has 0 saturated carbocycles. The van der Waals surface area contributed by atoms with Gasteiger partial charge in [-0.3, -0.25) is 0 Å². The molecule has 1 N–H and O–H groups in total. The Bertz CT molecular complexity index is 568. The van der Waals surface area contributed by atoms with Gasteiger partial charge in [-0.2, -0.15) is 0 Å². The first-order valence-corrected chi connectivity index (χ1v) is 7.64. The number of nitrogens with zero attached hydrogens (tertiary/aromatic N) is 1. The lowest BCUT2D eigenvalue weighted by atomic mass is 9.99. The summed E-state index contributed by atoms with van der Waals surface area (Å²) >= 11 is 1.80. The second kappa shape index (κ2) is 5.68. The van der Waals surface area contributed by atoms with Crippen LogP contribution in [0.4, 0.5) is 0 Å². The normalized spacial score (nSPS) is 16.4. The molecule has 0 bridgehead atoms. The van der Waals surface area contributed by atoms with Gasteiger partial charge < -0.3 is 5.32 Å². The minimum atomic E-state index is 0.635. The maximum atomic E-state index is 4.86. The van der Waals surface area contributed by atoms with Crippen molar-refractivity contribution in [3.05, 3.63) is 46.8 Å². The summed E-state index contributed by atoms with van der Waals surface area (Å²) in [6.45, 7) is 6.11. The van der Waals surface area contributed by atoms with Gasteiger partial charge in [0.15, 0.2) is 0 Å². The van der Waals surface area contributed by atoms with Crippen LogP contribution in [-0.2, 0) is 0 Å². The molecule has 0 unspecified atom stereocenters. The van der Waals surface area contributed by atoms with Crippen molar-refractivity contribution in [2.45, 2.75) is 18.8 Å². The van der Waals surface area contributed by atoms with Crippen molar-refractivity contribution in [2.75, 3.05) is 13.1 Å². The molecule has 1 saturated heterocycles. The molecular weight excluding hydrogens is 252 g/mol. The van der Waals surface area contributed by atoms with Gasteiger partial charge in [-0.15, -0.1) is 11.3 Å². The molecule has 1 aliphatic heterocycles. The molecule has 2 heterocycles. The molecule has 0 aliphatic carbocycles. The minimum absolute atomic E-state index is 0.635. The lowest BCUT2D eigenvalue weighted by Crippen LogP contribution is -2.26. The van der Waals surface area contributed by atoms with Gasteiger partial charge in [-0.25, -0.2) is 4.98 Å². The van der Waals surface area contributed by atoms with Crippen LogP contribution in [0.5, 0.6) is 0 Å². The summed E-state index contributed by atoms with van der Waals surface area (Å²) in [6, 6.07) is 8.32. The van der Waals surface area contributed by atoms with E-state index >= 15 is 0 Å². The average molecular weight is 270 g/mol. The van der Waals surface area contributed by atoms with E-state index in [2.05, 4.69) is 35.5 Å². The van der Waals surface area contributed by atoms with E-state index in [9.17, 15) is 0 Å². The summed E-state index contributed by atoms with van der Waals surface area (Å²) in [5.74, 6) is 0.635. The van der Waals surface area contributed by atoms with E-state index in [1.807, 2.05) is 12.1 Å². The number of benzene rings is 1. The van der Waals surface area contributed by atoms with Crippen molar-refractivity contribution in [3.8, 4) is 11.3 Å². The van der Waals surface area contributed by atoms with Gasteiger partial charge in [-0.1, -0.05) is 36.9 Å². The smallest absolute Gasteiger partial charge is 0.0964 e. The first-order chi connectivity index (χ1) is 9.38. The van der Waals surface area contributed by atoms with Crippen molar-refractivity contribution in [1.82, 2.24) is 10.3 Å². The fraction of sp³-hybridized carbons (Fsp3) is 0.312. The summed E-state index contributed by atoms with van der Waals surface area (Å²) in [5, 5.41) is 6.87. The predicted molar refractivity (Wildman–Crippen MR) is 82.5 cm³/mol. The number of piperidine rings is 1. The summed E-state index contributed by atoms with van der Waals surface area (Å²) in [5.41, 5.74) is 3.44. The second-order valence-corrected chi connectivity index (χ2v) is 5.78. The molecule has 1 fully saturated rings. The Morgan fingerprint density at radius 1 is 1.26 bits per heavy atom. The molecule has 0 atom stereocenters. The molecule has 19 heavy (non-hydrogen) atoms. The average Bonchev–Trinajstić information content (AvgIpc) is 2.98. The molecule has 1 aliphatic rings. The fourth-order valence-electron chi connectivity index (χ4n) is 2.58. The molecule has 1 aromatic carbocycles. The highest BCUT2D eigenvalue weighted by molar-refractivity contribution is 7.10. The number of thiazole rings is 1. The predicted octanol–water partition coefficient (Wildman–Crippen LogP) is 3.92. The first kappa shape index (κ1) is 12.6. The van der Waals surface area contributed by atoms with E-state index in [1.54, 1.807) is 11.3 Å². The monoisotopic (exact) mass is 270 g/mol. The highest BCUT2D eigenvalue weighted by Gasteiger charge is 2.19. The summed E-state index contributed by atoms with van der Waals surface area (Å²) in [4.78, 5) is 4.86. The standard InChI is InChI=1S/C16H18N2S/c1-2-12-5-3-4-6-14(12)15-11-19-16(18-15)13-7-9-17-10-8-13/h2-6,11,13,17H,1,7-10H2. The Labute approximate surface area is 118 Å². The maximum absolute atomic E-state index is 4.86. The molecule has 3 heteroatoms. The van der Waals surface area contributed by atoms with E-state index in [1.165, 1.54) is 23.4 Å². The minimum Gasteiger partial charge on any atom is -0.317 e. The third-order valence-corrected chi connectivity index (χ3v) is 4.67. The lowest BCUT2D eigenvalue weighted by molar-refractivity contribution is 0.459. The lowest BCUT2D eigenvalue weighted by Gasteiger charge is -2.20. The van der Waals surface area contributed by atoms with E-state index < -0.39 is 0 Å². The van der Waals surface area contributed by atoms with Crippen LogP contribution in [0.25, 0.3) is 17.3 Å². The van der Waals surface area contributed by atoms with Crippen LogP contribution < -0.4 is 5.32 Å². The molecule has 2 nitrogen and oxygen atoms in total. The number of nitrogens with one attached hydrogen (secondary N) is 1. The second-order valence-electron chi connectivity index (χ2n) is 4.89. The zero-order chi connectivity index (χ0) is 13.1. The van der Waals surface area contributed by atoms with Crippen LogP contribution in [0, 0.1) is 0 Å². The fourth-order valence-corrected chi connectivity index (χ4v) is 3.57. The van der Waals surface area contributed by atoms with Crippen LogP contribution in [0.3, 0.4) is 0 Å². The molecule has 2 aromatic rings. The van der Waals surface area contributed by atoms with Gasteiger partial charge in [0, 0.05) is 16.9 Å². The largest absolute Gasteiger partial charge is 0.317 e. The topological polar surface area (TPSA) is 24.9 Å². The molecule has 1 aromatic heterocycles. The summed E-state index contributed by atoms with van der Waals surface area (Å²) in [7, 11) is 0. The third-order valence-electron chi connectivity index (χ3n) is 3.67. The van der Waals surface area contributed by atoms with Gasteiger partial charge in [0.2, 0.25) is 0 Å². The quantitative estimate of drug-likeness (QED) is 0.914. The Kier molecular flexibility index (Phi) is 3.76. The van der Waals surface area contributed by atoms with E-state index in [4.69, 9.17) is 4.98 Å². The van der Waals surface area contributed by atoms with Crippen LogP contribution in [0.1, 0.15) is 29.3 Å². The number of aromatic nitrogens is 1. The number of rotatable bonds is 3. The van der Waals surface area contributed by atoms with E-state index in [0.717, 1.165) is 24.3 Å².